The molecule has 0 fully saturated rings. The highest BCUT2D eigenvalue weighted by atomic mass is 32.1. The molecule has 0 radical (unpaired) electrons. The van der Waals surface area contributed by atoms with Crippen LogP contribution in [0.3, 0.4) is 0 Å². The number of hydrogen-bond donors (Lipinski definition) is 2. The van der Waals surface area contributed by atoms with E-state index in [-0.39, 0.29) is 5.91 Å². The van der Waals surface area contributed by atoms with Gasteiger partial charge in [0.2, 0.25) is 0 Å². The van der Waals surface area contributed by atoms with Crippen LogP contribution >= 0.6 is 11.3 Å². The normalized spacial score (nSPS) is 10.9. The number of nitrogen functional groups attached to an aromatic ring is 1. The van der Waals surface area contributed by atoms with Gasteiger partial charge in [0.05, 0.1) is 18.4 Å². The Labute approximate surface area is 116 Å². The molecule has 0 aliphatic heterocycles. The van der Waals surface area contributed by atoms with Crippen LogP contribution < -0.4 is 11.3 Å². The van der Waals surface area contributed by atoms with Crippen molar-refractivity contribution >= 4 is 17.2 Å². The van der Waals surface area contributed by atoms with Crippen molar-refractivity contribution in [1.29, 1.82) is 0 Å². The highest BCUT2D eigenvalue weighted by Gasteiger charge is 2.16. The van der Waals surface area contributed by atoms with Crippen LogP contribution in [0.4, 0.5) is 0 Å². The molecule has 0 aliphatic carbocycles. The second kappa shape index (κ2) is 6.51. The molecule has 0 atom stereocenters. The number of carbonyl (C=O) groups is 1. The third-order valence-corrected chi connectivity index (χ3v) is 3.76. The zero-order valence-electron chi connectivity index (χ0n) is 10.8. The molecule has 0 aliphatic rings. The van der Waals surface area contributed by atoms with Crippen molar-refractivity contribution in [2.24, 2.45) is 5.84 Å². The molecule has 2 heterocycles. The summed E-state index contributed by atoms with van der Waals surface area (Å²) in [6, 6.07) is 5.77. The minimum absolute atomic E-state index is 0.323. The largest absolute Gasteiger partial charge is 0.467 e. The van der Waals surface area contributed by atoms with Crippen molar-refractivity contribution in [2.45, 2.75) is 20.0 Å². The molecular weight excluding hydrogens is 262 g/mol. The van der Waals surface area contributed by atoms with Gasteiger partial charge >= 0.3 is 0 Å². The van der Waals surface area contributed by atoms with Crippen LogP contribution in [-0.4, -0.2) is 17.4 Å². The van der Waals surface area contributed by atoms with Crippen LogP contribution in [0.5, 0.6) is 0 Å². The van der Waals surface area contributed by atoms with Crippen LogP contribution in [0.2, 0.25) is 0 Å². The van der Waals surface area contributed by atoms with Gasteiger partial charge in [-0.3, -0.25) is 15.1 Å². The SMILES string of the molecule is CCN(Cc1cccs1)Cc1occc1C(=O)NN. The van der Waals surface area contributed by atoms with E-state index in [1.165, 1.54) is 11.1 Å². The van der Waals surface area contributed by atoms with Gasteiger partial charge in [-0.1, -0.05) is 13.0 Å². The predicted molar refractivity (Wildman–Crippen MR) is 74.5 cm³/mol. The number of furan rings is 1. The Hall–Kier alpha value is -1.63. The summed E-state index contributed by atoms with van der Waals surface area (Å²) in [5.41, 5.74) is 2.62. The summed E-state index contributed by atoms with van der Waals surface area (Å²) in [4.78, 5) is 15.1. The maximum Gasteiger partial charge on any atom is 0.268 e. The number of rotatable bonds is 6. The van der Waals surface area contributed by atoms with Gasteiger partial charge in [0, 0.05) is 11.4 Å². The first-order chi connectivity index (χ1) is 9.24. The average molecular weight is 279 g/mol. The molecule has 0 saturated heterocycles. The van der Waals surface area contributed by atoms with E-state index in [4.69, 9.17) is 10.3 Å². The van der Waals surface area contributed by atoms with Crippen molar-refractivity contribution in [3.05, 3.63) is 46.0 Å². The Morgan fingerprint density at radius 2 is 2.32 bits per heavy atom. The summed E-state index contributed by atoms with van der Waals surface area (Å²) in [5, 5.41) is 2.06. The van der Waals surface area contributed by atoms with Crippen LogP contribution in [0.25, 0.3) is 0 Å². The van der Waals surface area contributed by atoms with Gasteiger partial charge < -0.3 is 4.42 Å². The number of nitrogens with two attached hydrogens (primary N) is 1. The Kier molecular flexibility index (Phi) is 4.73. The van der Waals surface area contributed by atoms with Gasteiger partial charge in [0.15, 0.2) is 0 Å². The number of nitrogens with zero attached hydrogens (tertiary/aromatic N) is 1. The monoisotopic (exact) mass is 279 g/mol. The minimum Gasteiger partial charge on any atom is -0.467 e. The first-order valence-corrected chi connectivity index (χ1v) is 6.94. The molecule has 3 N–H and O–H groups in total. The molecule has 6 heteroatoms. The molecule has 1 amide bonds. The van der Waals surface area contributed by atoms with E-state index in [1.807, 2.05) is 6.07 Å². The van der Waals surface area contributed by atoms with Crippen LogP contribution in [0, 0.1) is 0 Å². The van der Waals surface area contributed by atoms with Crippen molar-refractivity contribution in [3.8, 4) is 0 Å². The molecule has 0 aromatic carbocycles. The summed E-state index contributed by atoms with van der Waals surface area (Å²) >= 11 is 1.72. The zero-order chi connectivity index (χ0) is 13.7. The summed E-state index contributed by atoms with van der Waals surface area (Å²) in [5.74, 6) is 5.47. The van der Waals surface area contributed by atoms with E-state index in [0.717, 1.165) is 13.1 Å². The lowest BCUT2D eigenvalue weighted by Crippen LogP contribution is -2.31. The predicted octanol–water partition coefficient (Wildman–Crippen LogP) is 1.97. The second-order valence-corrected chi connectivity index (χ2v) is 5.15. The lowest BCUT2D eigenvalue weighted by molar-refractivity contribution is 0.0949. The van der Waals surface area contributed by atoms with Gasteiger partial charge in [-0.05, 0) is 24.1 Å². The van der Waals surface area contributed by atoms with Crippen molar-refractivity contribution in [3.63, 3.8) is 0 Å². The molecule has 2 aromatic rings. The molecule has 5 nitrogen and oxygen atoms in total. The van der Waals surface area contributed by atoms with Crippen LogP contribution in [0.1, 0.15) is 27.9 Å². The van der Waals surface area contributed by atoms with Crippen LogP contribution in [0.15, 0.2) is 34.3 Å². The summed E-state index contributed by atoms with van der Waals surface area (Å²) in [6.07, 6.45) is 1.51. The molecule has 2 aromatic heterocycles. The molecular formula is C13H17N3O2S. The number of thiophene rings is 1. The number of hydrogen-bond acceptors (Lipinski definition) is 5. The maximum absolute atomic E-state index is 11.6. The Bertz CT molecular complexity index is 522. The molecule has 0 bridgehead atoms. The van der Waals surface area contributed by atoms with Gasteiger partial charge in [0.25, 0.3) is 5.91 Å². The Morgan fingerprint density at radius 1 is 1.47 bits per heavy atom. The summed E-state index contributed by atoms with van der Waals surface area (Å²) in [6.45, 7) is 4.39. The molecule has 102 valence electrons. The third kappa shape index (κ3) is 3.44. The zero-order valence-corrected chi connectivity index (χ0v) is 11.6. The quantitative estimate of drug-likeness (QED) is 0.482. The number of nitrogens with one attached hydrogen (secondary N) is 1. The van der Waals surface area contributed by atoms with E-state index in [0.29, 0.717) is 17.9 Å². The highest BCUT2D eigenvalue weighted by molar-refractivity contribution is 7.09. The van der Waals surface area contributed by atoms with Gasteiger partial charge in [-0.2, -0.15) is 0 Å². The molecule has 2 rings (SSSR count). The number of carbonyl (C=O) groups excluding carboxylic acids is 1. The highest BCUT2D eigenvalue weighted by Crippen LogP contribution is 2.17. The fourth-order valence-electron chi connectivity index (χ4n) is 1.85. The minimum atomic E-state index is -0.323. The lowest BCUT2D eigenvalue weighted by Gasteiger charge is -2.18. The average Bonchev–Trinajstić information content (AvgIpc) is 3.08. The fraction of sp³-hybridized carbons (Fsp3) is 0.308. The standard InChI is InChI=1S/C13H17N3O2S/c1-2-16(8-10-4-3-7-19-10)9-12-11(5-6-18-12)13(17)15-14/h3-7H,2,8-9,14H2,1H3,(H,15,17). The van der Waals surface area contributed by atoms with Crippen molar-refractivity contribution < 1.29 is 9.21 Å². The lowest BCUT2D eigenvalue weighted by atomic mass is 10.2. The van der Waals surface area contributed by atoms with E-state index < -0.39 is 0 Å². The summed E-state index contributed by atoms with van der Waals surface area (Å²) < 4.78 is 5.38. The second-order valence-electron chi connectivity index (χ2n) is 4.11. The smallest absolute Gasteiger partial charge is 0.268 e. The van der Waals surface area contributed by atoms with Gasteiger partial charge in [-0.25, -0.2) is 5.84 Å². The van der Waals surface area contributed by atoms with Gasteiger partial charge in [0.1, 0.15) is 5.76 Å². The first-order valence-electron chi connectivity index (χ1n) is 6.06. The molecule has 19 heavy (non-hydrogen) atoms. The third-order valence-electron chi connectivity index (χ3n) is 2.90. The maximum atomic E-state index is 11.6. The Balaban J connectivity index is 2.06. The van der Waals surface area contributed by atoms with Crippen LogP contribution in [-0.2, 0) is 13.1 Å². The number of hydrazine groups is 1. The topological polar surface area (TPSA) is 71.5 Å². The van der Waals surface area contributed by atoms with E-state index >= 15 is 0 Å². The van der Waals surface area contributed by atoms with Gasteiger partial charge in [-0.15, -0.1) is 11.3 Å². The van der Waals surface area contributed by atoms with E-state index in [1.54, 1.807) is 17.4 Å². The Morgan fingerprint density at radius 3 is 2.95 bits per heavy atom. The molecule has 0 spiro atoms. The van der Waals surface area contributed by atoms with Crippen molar-refractivity contribution in [1.82, 2.24) is 10.3 Å². The van der Waals surface area contributed by atoms with E-state index in [2.05, 4.69) is 28.7 Å². The number of amides is 1. The van der Waals surface area contributed by atoms with Crippen molar-refractivity contribution in [2.75, 3.05) is 6.54 Å². The first kappa shape index (κ1) is 13.8. The molecule has 0 unspecified atom stereocenters. The summed E-state index contributed by atoms with van der Waals surface area (Å²) in [7, 11) is 0. The molecule has 0 saturated carbocycles. The fourth-order valence-corrected chi connectivity index (χ4v) is 2.59. The van der Waals surface area contributed by atoms with E-state index in [9.17, 15) is 4.79 Å².